The molecule has 0 bridgehead atoms. The summed E-state index contributed by atoms with van der Waals surface area (Å²) in [5.74, 6) is 0. The molecule has 2 nitrogen and oxygen atoms in total. The summed E-state index contributed by atoms with van der Waals surface area (Å²) in [5, 5.41) is 5.63. The van der Waals surface area contributed by atoms with Crippen LogP contribution in [0.1, 0.15) is 18.2 Å². The molecule has 0 radical (unpaired) electrons. The first kappa shape index (κ1) is 10.2. The Bertz CT molecular complexity index is 542. The van der Waals surface area contributed by atoms with Crippen molar-refractivity contribution < 1.29 is 0 Å². The van der Waals surface area contributed by atoms with E-state index < -0.39 is 0 Å². The number of fused-ring (bicyclic) bond motifs is 3. The minimum absolute atomic E-state index is 0.828. The average Bonchev–Trinajstić information content (AvgIpc) is 2.62. The van der Waals surface area contributed by atoms with E-state index in [1.807, 2.05) is 6.07 Å². The van der Waals surface area contributed by atoms with Gasteiger partial charge in [0.1, 0.15) is 0 Å². The van der Waals surface area contributed by atoms with Gasteiger partial charge in [0.15, 0.2) is 0 Å². The Kier molecular flexibility index (Phi) is 2.41. The van der Waals surface area contributed by atoms with Crippen molar-refractivity contribution in [1.82, 2.24) is 9.88 Å². The summed E-state index contributed by atoms with van der Waals surface area (Å²) < 4.78 is 2.41. The maximum absolute atomic E-state index is 6.08. The van der Waals surface area contributed by atoms with E-state index >= 15 is 0 Å². The van der Waals surface area contributed by atoms with Crippen LogP contribution in [0.5, 0.6) is 0 Å². The fourth-order valence-corrected chi connectivity index (χ4v) is 2.86. The first-order chi connectivity index (χ1) is 7.81. The van der Waals surface area contributed by atoms with Crippen molar-refractivity contribution in [3.05, 3.63) is 34.5 Å². The molecule has 1 aliphatic heterocycles. The zero-order chi connectivity index (χ0) is 11.1. The summed E-state index contributed by atoms with van der Waals surface area (Å²) in [6, 6.07) is 6.23. The van der Waals surface area contributed by atoms with E-state index in [0.717, 1.165) is 31.1 Å². The van der Waals surface area contributed by atoms with Crippen molar-refractivity contribution in [2.45, 2.75) is 26.4 Å². The fourth-order valence-electron chi connectivity index (χ4n) is 2.70. The monoisotopic (exact) mass is 234 g/mol. The Morgan fingerprint density at radius 1 is 1.44 bits per heavy atom. The highest BCUT2D eigenvalue weighted by molar-refractivity contribution is 6.31. The van der Waals surface area contributed by atoms with E-state index in [2.05, 4.69) is 28.9 Å². The van der Waals surface area contributed by atoms with Crippen molar-refractivity contribution in [3.63, 3.8) is 0 Å². The Morgan fingerprint density at radius 2 is 2.31 bits per heavy atom. The Morgan fingerprint density at radius 3 is 3.12 bits per heavy atom. The predicted molar refractivity (Wildman–Crippen MR) is 68.0 cm³/mol. The van der Waals surface area contributed by atoms with Crippen molar-refractivity contribution in [2.75, 3.05) is 6.54 Å². The van der Waals surface area contributed by atoms with Crippen LogP contribution in [-0.2, 0) is 19.5 Å². The standard InChI is InChI=1S/C13H15ClN2/c1-2-10-11-4-3-9(14)7-12(11)16-6-5-15-8-13(10)16/h3-4,7,15H,2,5-6,8H2,1H3. The molecule has 3 heteroatoms. The molecule has 0 fully saturated rings. The van der Waals surface area contributed by atoms with E-state index in [1.54, 1.807) is 0 Å². The maximum atomic E-state index is 6.08. The van der Waals surface area contributed by atoms with Crippen molar-refractivity contribution in [2.24, 2.45) is 0 Å². The lowest BCUT2D eigenvalue weighted by atomic mass is 10.1. The molecule has 0 spiro atoms. The lowest BCUT2D eigenvalue weighted by Gasteiger charge is -2.18. The highest BCUT2D eigenvalue weighted by Crippen LogP contribution is 2.30. The Hall–Kier alpha value is -0.990. The Balaban J connectivity index is 2.37. The molecule has 1 aromatic heterocycles. The van der Waals surface area contributed by atoms with Gasteiger partial charge in [-0.2, -0.15) is 0 Å². The molecule has 0 saturated carbocycles. The third-order valence-corrected chi connectivity index (χ3v) is 3.64. The molecule has 16 heavy (non-hydrogen) atoms. The zero-order valence-corrected chi connectivity index (χ0v) is 10.1. The highest BCUT2D eigenvalue weighted by Gasteiger charge is 2.18. The van der Waals surface area contributed by atoms with Crippen LogP contribution in [0.2, 0.25) is 5.02 Å². The molecule has 2 aromatic rings. The molecule has 1 N–H and O–H groups in total. The number of nitrogens with one attached hydrogen (secondary N) is 1. The second kappa shape index (κ2) is 3.79. The number of aryl methyl sites for hydroxylation is 1. The normalized spacial score (nSPS) is 15.4. The quantitative estimate of drug-likeness (QED) is 0.803. The average molecular weight is 235 g/mol. The van der Waals surface area contributed by atoms with E-state index in [0.29, 0.717) is 0 Å². The van der Waals surface area contributed by atoms with E-state index in [4.69, 9.17) is 11.6 Å². The topological polar surface area (TPSA) is 17.0 Å². The van der Waals surface area contributed by atoms with Crippen molar-refractivity contribution in [3.8, 4) is 0 Å². The Labute approximate surface area is 100 Å². The summed E-state index contributed by atoms with van der Waals surface area (Å²) in [7, 11) is 0. The van der Waals surface area contributed by atoms with E-state index in [-0.39, 0.29) is 0 Å². The molecule has 0 aliphatic carbocycles. The number of benzene rings is 1. The molecule has 0 amide bonds. The number of halogens is 1. The summed E-state index contributed by atoms with van der Waals surface area (Å²) >= 11 is 6.08. The number of aromatic nitrogens is 1. The summed E-state index contributed by atoms with van der Waals surface area (Å²) in [5.41, 5.74) is 4.20. The third-order valence-electron chi connectivity index (χ3n) is 3.41. The smallest absolute Gasteiger partial charge is 0.0501 e. The fraction of sp³-hybridized carbons (Fsp3) is 0.385. The maximum Gasteiger partial charge on any atom is 0.0501 e. The van der Waals surface area contributed by atoms with E-state index in [9.17, 15) is 0 Å². The third kappa shape index (κ3) is 1.37. The first-order valence-electron chi connectivity index (χ1n) is 5.81. The van der Waals surface area contributed by atoms with Gasteiger partial charge in [-0.1, -0.05) is 24.6 Å². The van der Waals surface area contributed by atoms with Gasteiger partial charge in [-0.05, 0) is 24.1 Å². The van der Waals surface area contributed by atoms with Crippen LogP contribution in [0.25, 0.3) is 10.9 Å². The molecule has 1 aliphatic rings. The van der Waals surface area contributed by atoms with Gasteiger partial charge in [-0.3, -0.25) is 0 Å². The molecule has 1 aromatic carbocycles. The van der Waals surface area contributed by atoms with Gasteiger partial charge in [0.25, 0.3) is 0 Å². The lowest BCUT2D eigenvalue weighted by Crippen LogP contribution is -2.28. The van der Waals surface area contributed by atoms with Crippen LogP contribution in [0.4, 0.5) is 0 Å². The van der Waals surface area contributed by atoms with Crippen LogP contribution < -0.4 is 5.32 Å². The molecule has 0 atom stereocenters. The van der Waals surface area contributed by atoms with Crippen LogP contribution >= 0.6 is 11.6 Å². The summed E-state index contributed by atoms with van der Waals surface area (Å²) in [4.78, 5) is 0. The lowest BCUT2D eigenvalue weighted by molar-refractivity contribution is 0.523. The van der Waals surface area contributed by atoms with Crippen LogP contribution in [-0.4, -0.2) is 11.1 Å². The number of hydrogen-bond acceptors (Lipinski definition) is 1. The van der Waals surface area contributed by atoms with Gasteiger partial charge in [-0.15, -0.1) is 0 Å². The predicted octanol–water partition coefficient (Wildman–Crippen LogP) is 2.96. The van der Waals surface area contributed by atoms with Gasteiger partial charge < -0.3 is 9.88 Å². The molecule has 2 heterocycles. The first-order valence-corrected chi connectivity index (χ1v) is 6.19. The van der Waals surface area contributed by atoms with E-state index in [1.165, 1.54) is 22.2 Å². The number of nitrogens with zero attached hydrogens (tertiary/aromatic N) is 1. The molecule has 3 rings (SSSR count). The zero-order valence-electron chi connectivity index (χ0n) is 9.39. The molecular weight excluding hydrogens is 220 g/mol. The minimum atomic E-state index is 0.828. The number of rotatable bonds is 1. The van der Waals surface area contributed by atoms with Crippen molar-refractivity contribution in [1.29, 1.82) is 0 Å². The molecule has 84 valence electrons. The second-order valence-corrected chi connectivity index (χ2v) is 4.71. The summed E-state index contributed by atoms with van der Waals surface area (Å²) in [6.45, 7) is 5.30. The van der Waals surface area contributed by atoms with Crippen LogP contribution in [0.3, 0.4) is 0 Å². The second-order valence-electron chi connectivity index (χ2n) is 4.27. The minimum Gasteiger partial charge on any atom is -0.342 e. The van der Waals surface area contributed by atoms with Gasteiger partial charge in [0.05, 0.1) is 5.52 Å². The van der Waals surface area contributed by atoms with Gasteiger partial charge in [-0.25, -0.2) is 0 Å². The largest absolute Gasteiger partial charge is 0.342 e. The van der Waals surface area contributed by atoms with Crippen LogP contribution in [0, 0.1) is 0 Å². The van der Waals surface area contributed by atoms with Gasteiger partial charge >= 0.3 is 0 Å². The molecular formula is C13H15ClN2. The number of hydrogen-bond donors (Lipinski definition) is 1. The van der Waals surface area contributed by atoms with Gasteiger partial charge in [0.2, 0.25) is 0 Å². The van der Waals surface area contributed by atoms with Crippen molar-refractivity contribution >= 4 is 22.5 Å². The SMILES string of the molecule is CCc1c2n(c3cc(Cl)ccc13)CCNC2. The molecule has 0 unspecified atom stereocenters. The van der Waals surface area contributed by atoms with Crippen LogP contribution in [0.15, 0.2) is 18.2 Å². The summed E-state index contributed by atoms with van der Waals surface area (Å²) in [6.07, 6.45) is 1.09. The van der Waals surface area contributed by atoms with Gasteiger partial charge in [0, 0.05) is 35.7 Å². The molecule has 0 saturated heterocycles. The highest BCUT2D eigenvalue weighted by atomic mass is 35.5.